The molecule has 0 aromatic heterocycles. The van der Waals surface area contributed by atoms with Crippen LogP contribution in [0.3, 0.4) is 0 Å². The summed E-state index contributed by atoms with van der Waals surface area (Å²) in [7, 11) is 0. The van der Waals surface area contributed by atoms with Crippen molar-refractivity contribution in [2.75, 3.05) is 6.54 Å². The molecule has 0 amide bonds. The van der Waals surface area contributed by atoms with Crippen molar-refractivity contribution in [3.8, 4) is 0 Å². The zero-order valence-corrected chi connectivity index (χ0v) is 12.5. The number of hydrogen-bond donors (Lipinski definition) is 1. The van der Waals surface area contributed by atoms with Crippen LogP contribution in [0, 0.1) is 13.8 Å². The normalized spacial score (nSPS) is 14.6. The van der Waals surface area contributed by atoms with Gasteiger partial charge in [-0.1, -0.05) is 31.5 Å². The van der Waals surface area contributed by atoms with E-state index in [0.29, 0.717) is 11.3 Å². The highest BCUT2D eigenvalue weighted by molar-refractivity contribution is 8.00. The van der Waals surface area contributed by atoms with Crippen molar-refractivity contribution in [2.45, 2.75) is 57.2 Å². The Hall–Kier alpha value is -0.470. The molecule has 1 rings (SSSR count). The Morgan fingerprint density at radius 1 is 1.24 bits per heavy atom. The highest BCUT2D eigenvalue weighted by atomic mass is 32.2. The predicted molar refractivity (Wildman–Crippen MR) is 79.0 cm³/mol. The molecule has 0 heterocycles. The summed E-state index contributed by atoms with van der Waals surface area (Å²) in [5.74, 6) is 0. The Balaban J connectivity index is 2.52. The maximum atomic E-state index is 3.47. The third-order valence-electron chi connectivity index (χ3n) is 2.90. The second-order valence-corrected chi connectivity index (χ2v) is 6.37. The molecule has 0 spiro atoms. The van der Waals surface area contributed by atoms with Gasteiger partial charge >= 0.3 is 0 Å². The average molecular weight is 251 g/mol. The van der Waals surface area contributed by atoms with Gasteiger partial charge in [-0.15, -0.1) is 11.8 Å². The Morgan fingerprint density at radius 3 is 2.53 bits per heavy atom. The van der Waals surface area contributed by atoms with Crippen molar-refractivity contribution >= 4 is 11.8 Å². The average Bonchev–Trinajstić information content (AvgIpc) is 2.22. The number of nitrogens with one attached hydrogen (secondary N) is 1. The topological polar surface area (TPSA) is 12.0 Å². The summed E-state index contributed by atoms with van der Waals surface area (Å²) >= 11 is 1.99. The lowest BCUT2D eigenvalue weighted by molar-refractivity contribution is 0.530. The van der Waals surface area contributed by atoms with Crippen molar-refractivity contribution < 1.29 is 0 Å². The minimum atomic E-state index is 0.605. The molecular formula is C15H25NS. The zero-order valence-electron chi connectivity index (χ0n) is 11.7. The molecule has 0 aliphatic rings. The van der Waals surface area contributed by atoms with Crippen LogP contribution in [0.2, 0.25) is 0 Å². The summed E-state index contributed by atoms with van der Waals surface area (Å²) in [4.78, 5) is 1.42. The van der Waals surface area contributed by atoms with E-state index in [4.69, 9.17) is 0 Å². The largest absolute Gasteiger partial charge is 0.314 e. The van der Waals surface area contributed by atoms with Crippen LogP contribution in [0.25, 0.3) is 0 Å². The lowest BCUT2D eigenvalue weighted by Crippen LogP contribution is -2.28. The summed E-state index contributed by atoms with van der Waals surface area (Å²) in [5.41, 5.74) is 2.75. The van der Waals surface area contributed by atoms with Gasteiger partial charge in [0, 0.05) is 16.2 Å². The van der Waals surface area contributed by atoms with E-state index in [1.54, 1.807) is 0 Å². The summed E-state index contributed by atoms with van der Waals surface area (Å²) < 4.78 is 0. The van der Waals surface area contributed by atoms with Crippen LogP contribution in [-0.4, -0.2) is 17.8 Å². The molecule has 0 aliphatic heterocycles. The van der Waals surface area contributed by atoms with Crippen LogP contribution < -0.4 is 5.32 Å². The number of aryl methyl sites for hydroxylation is 2. The Labute approximate surface area is 110 Å². The zero-order chi connectivity index (χ0) is 12.8. The van der Waals surface area contributed by atoms with Crippen LogP contribution in [-0.2, 0) is 0 Å². The van der Waals surface area contributed by atoms with E-state index in [1.165, 1.54) is 22.4 Å². The molecule has 0 radical (unpaired) electrons. The summed E-state index contributed by atoms with van der Waals surface area (Å²) in [5, 5.41) is 4.13. The molecular weight excluding hydrogens is 226 g/mol. The molecule has 17 heavy (non-hydrogen) atoms. The Morgan fingerprint density at radius 2 is 1.94 bits per heavy atom. The fourth-order valence-electron chi connectivity index (χ4n) is 2.13. The molecule has 1 nitrogen and oxygen atoms in total. The SMILES string of the molecule is CCNC(C)CC(C)Sc1ccc(C)cc1C. The number of benzene rings is 1. The molecule has 96 valence electrons. The summed E-state index contributed by atoms with van der Waals surface area (Å²) in [6.45, 7) is 12.2. The first kappa shape index (κ1) is 14.6. The molecule has 1 aromatic rings. The number of thioether (sulfide) groups is 1. The maximum absolute atomic E-state index is 3.47. The van der Waals surface area contributed by atoms with Gasteiger partial charge in [0.25, 0.3) is 0 Å². The van der Waals surface area contributed by atoms with Crippen molar-refractivity contribution in [1.82, 2.24) is 5.32 Å². The van der Waals surface area contributed by atoms with Gasteiger partial charge in [0.05, 0.1) is 0 Å². The number of hydrogen-bond acceptors (Lipinski definition) is 2. The van der Waals surface area contributed by atoms with Gasteiger partial charge in [-0.05, 0) is 45.4 Å². The van der Waals surface area contributed by atoms with Crippen molar-refractivity contribution in [3.05, 3.63) is 29.3 Å². The molecule has 0 bridgehead atoms. The van der Waals surface area contributed by atoms with E-state index in [2.05, 4.69) is 58.1 Å². The molecule has 0 aliphatic carbocycles. The Kier molecular flexibility index (Phi) is 6.07. The Bertz CT molecular complexity index is 349. The van der Waals surface area contributed by atoms with Crippen LogP contribution in [0.4, 0.5) is 0 Å². The van der Waals surface area contributed by atoms with Crippen LogP contribution in [0.1, 0.15) is 38.3 Å². The standard InChI is InChI=1S/C15H25NS/c1-6-16-13(4)10-14(5)17-15-8-7-11(2)9-12(15)3/h7-9,13-14,16H,6,10H2,1-5H3. The third kappa shape index (κ3) is 5.13. The molecule has 0 saturated heterocycles. The highest BCUT2D eigenvalue weighted by Crippen LogP contribution is 2.29. The smallest absolute Gasteiger partial charge is 0.0104 e. The molecule has 2 heteroatoms. The van der Waals surface area contributed by atoms with Gasteiger partial charge in [-0.2, -0.15) is 0 Å². The third-order valence-corrected chi connectivity index (χ3v) is 4.20. The maximum Gasteiger partial charge on any atom is 0.0104 e. The van der Waals surface area contributed by atoms with E-state index >= 15 is 0 Å². The second-order valence-electron chi connectivity index (χ2n) is 4.89. The van der Waals surface area contributed by atoms with Crippen LogP contribution in [0.5, 0.6) is 0 Å². The molecule has 0 fully saturated rings. The van der Waals surface area contributed by atoms with Gasteiger partial charge in [0.15, 0.2) is 0 Å². The minimum absolute atomic E-state index is 0.605. The van der Waals surface area contributed by atoms with Gasteiger partial charge in [-0.25, -0.2) is 0 Å². The van der Waals surface area contributed by atoms with Crippen LogP contribution >= 0.6 is 11.8 Å². The molecule has 2 unspecified atom stereocenters. The first-order chi connectivity index (χ1) is 8.02. The monoisotopic (exact) mass is 251 g/mol. The second kappa shape index (κ2) is 7.07. The van der Waals surface area contributed by atoms with E-state index in [-0.39, 0.29) is 0 Å². The summed E-state index contributed by atoms with van der Waals surface area (Å²) in [6.07, 6.45) is 1.21. The summed E-state index contributed by atoms with van der Waals surface area (Å²) in [6, 6.07) is 7.33. The highest BCUT2D eigenvalue weighted by Gasteiger charge is 2.10. The minimum Gasteiger partial charge on any atom is -0.314 e. The van der Waals surface area contributed by atoms with Crippen molar-refractivity contribution in [3.63, 3.8) is 0 Å². The van der Waals surface area contributed by atoms with Gasteiger partial charge in [-0.3, -0.25) is 0 Å². The van der Waals surface area contributed by atoms with Gasteiger partial charge < -0.3 is 5.32 Å². The van der Waals surface area contributed by atoms with E-state index in [1.807, 2.05) is 11.8 Å². The van der Waals surface area contributed by atoms with Gasteiger partial charge in [0.2, 0.25) is 0 Å². The molecule has 2 atom stereocenters. The van der Waals surface area contributed by atoms with E-state index in [9.17, 15) is 0 Å². The molecule has 1 aromatic carbocycles. The predicted octanol–water partition coefficient (Wildman–Crippen LogP) is 4.17. The lowest BCUT2D eigenvalue weighted by atomic mass is 10.2. The fourth-order valence-corrected chi connectivity index (χ4v) is 3.34. The fraction of sp³-hybridized carbons (Fsp3) is 0.600. The van der Waals surface area contributed by atoms with Crippen molar-refractivity contribution in [2.24, 2.45) is 0 Å². The lowest BCUT2D eigenvalue weighted by Gasteiger charge is -2.18. The first-order valence-corrected chi connectivity index (χ1v) is 7.38. The molecule has 0 saturated carbocycles. The van der Waals surface area contributed by atoms with Gasteiger partial charge in [0.1, 0.15) is 0 Å². The quantitative estimate of drug-likeness (QED) is 0.762. The van der Waals surface area contributed by atoms with Crippen molar-refractivity contribution in [1.29, 1.82) is 0 Å². The number of rotatable bonds is 6. The molecule has 1 N–H and O–H groups in total. The van der Waals surface area contributed by atoms with E-state index < -0.39 is 0 Å². The van der Waals surface area contributed by atoms with Crippen LogP contribution in [0.15, 0.2) is 23.1 Å². The first-order valence-electron chi connectivity index (χ1n) is 6.50. The van der Waals surface area contributed by atoms with E-state index in [0.717, 1.165) is 6.54 Å².